The molecule has 0 radical (unpaired) electrons. The summed E-state index contributed by atoms with van der Waals surface area (Å²) >= 11 is 0. The monoisotopic (exact) mass is 504 g/mol. The van der Waals surface area contributed by atoms with Crippen LogP contribution in [-0.4, -0.2) is 14.2 Å². The van der Waals surface area contributed by atoms with Crippen molar-refractivity contribution in [2.45, 2.75) is 99.3 Å². The largest absolute Gasteiger partial charge is 0.496 e. The molecule has 0 saturated heterocycles. The van der Waals surface area contributed by atoms with Crippen molar-refractivity contribution in [1.82, 2.24) is 0 Å². The number of hydrogen-bond acceptors (Lipinski definition) is 2. The lowest BCUT2D eigenvalue weighted by atomic mass is 10.0. The molecular formula is C35H52O2. The number of ether oxygens (including phenoxy) is 2. The van der Waals surface area contributed by atoms with Crippen LogP contribution >= 0.6 is 0 Å². The summed E-state index contributed by atoms with van der Waals surface area (Å²) < 4.78 is 10.6. The maximum Gasteiger partial charge on any atom is 0.122 e. The summed E-state index contributed by atoms with van der Waals surface area (Å²) in [5, 5.41) is 0. The highest BCUT2D eigenvalue weighted by atomic mass is 16.5. The lowest BCUT2D eigenvalue weighted by molar-refractivity contribution is 0.408. The Balaban J connectivity index is 0.000000279. The molecule has 0 unspecified atom stereocenters. The summed E-state index contributed by atoms with van der Waals surface area (Å²) in [6, 6.07) is 21.5. The molecule has 3 aromatic rings. The highest BCUT2D eigenvalue weighted by Gasteiger charge is 2.04. The Morgan fingerprint density at radius 3 is 1.65 bits per heavy atom. The van der Waals surface area contributed by atoms with Gasteiger partial charge in [-0.15, -0.1) is 0 Å². The van der Waals surface area contributed by atoms with Crippen LogP contribution in [0.3, 0.4) is 0 Å². The molecule has 0 heterocycles. The zero-order chi connectivity index (χ0) is 27.5. The molecule has 0 aromatic heterocycles. The fourth-order valence-corrected chi connectivity index (χ4v) is 4.08. The van der Waals surface area contributed by atoms with E-state index in [4.69, 9.17) is 9.47 Å². The molecule has 2 nitrogen and oxygen atoms in total. The van der Waals surface area contributed by atoms with Crippen LogP contribution in [0.5, 0.6) is 11.5 Å². The third-order valence-electron chi connectivity index (χ3n) is 6.60. The van der Waals surface area contributed by atoms with Crippen LogP contribution in [-0.2, 0) is 19.3 Å². The third-order valence-corrected chi connectivity index (χ3v) is 6.60. The van der Waals surface area contributed by atoms with Crippen molar-refractivity contribution in [2.75, 3.05) is 14.2 Å². The SMILES string of the molecule is CCCCc1c(C)cccc1OC.CCCCc1ccc(C)c(OC)c1.CCCCc1ccc(C)cc1. The fourth-order valence-electron chi connectivity index (χ4n) is 4.08. The minimum Gasteiger partial charge on any atom is -0.496 e. The quantitative estimate of drug-likeness (QED) is 0.259. The van der Waals surface area contributed by atoms with E-state index in [2.05, 4.69) is 90.1 Å². The molecule has 0 spiro atoms. The lowest BCUT2D eigenvalue weighted by Crippen LogP contribution is -1.95. The predicted molar refractivity (Wildman–Crippen MR) is 162 cm³/mol. The maximum absolute atomic E-state index is 5.32. The number of methoxy groups -OCH3 is 2. The van der Waals surface area contributed by atoms with Crippen molar-refractivity contribution in [3.63, 3.8) is 0 Å². The number of unbranched alkanes of at least 4 members (excludes halogenated alkanes) is 3. The van der Waals surface area contributed by atoms with Gasteiger partial charge in [0.2, 0.25) is 0 Å². The fraction of sp³-hybridized carbons (Fsp3) is 0.486. The molecule has 0 aliphatic rings. The minimum atomic E-state index is 1.01. The molecular weight excluding hydrogens is 452 g/mol. The van der Waals surface area contributed by atoms with Gasteiger partial charge in [-0.3, -0.25) is 0 Å². The van der Waals surface area contributed by atoms with Gasteiger partial charge in [0.05, 0.1) is 14.2 Å². The summed E-state index contributed by atoms with van der Waals surface area (Å²) in [6.07, 6.45) is 11.1. The van der Waals surface area contributed by atoms with Gasteiger partial charge in [-0.05, 0) is 99.2 Å². The van der Waals surface area contributed by atoms with Gasteiger partial charge in [0.15, 0.2) is 0 Å². The molecule has 0 bridgehead atoms. The van der Waals surface area contributed by atoms with E-state index in [0.29, 0.717) is 0 Å². The maximum atomic E-state index is 5.32. The Bertz CT molecular complexity index is 989. The van der Waals surface area contributed by atoms with E-state index in [1.54, 1.807) is 14.2 Å². The summed E-state index contributed by atoms with van der Waals surface area (Å²) in [5.74, 6) is 2.04. The first-order valence-electron chi connectivity index (χ1n) is 14.2. The van der Waals surface area contributed by atoms with Gasteiger partial charge >= 0.3 is 0 Å². The van der Waals surface area contributed by atoms with Crippen molar-refractivity contribution < 1.29 is 9.47 Å². The van der Waals surface area contributed by atoms with E-state index in [-0.39, 0.29) is 0 Å². The molecule has 0 aliphatic heterocycles. The Labute approximate surface area is 228 Å². The average Bonchev–Trinajstić information content (AvgIpc) is 2.92. The van der Waals surface area contributed by atoms with Crippen molar-refractivity contribution in [3.8, 4) is 11.5 Å². The van der Waals surface area contributed by atoms with Gasteiger partial charge in [-0.1, -0.05) is 94.1 Å². The van der Waals surface area contributed by atoms with Gasteiger partial charge in [-0.25, -0.2) is 0 Å². The highest BCUT2D eigenvalue weighted by Crippen LogP contribution is 2.23. The van der Waals surface area contributed by atoms with Gasteiger partial charge < -0.3 is 9.47 Å². The van der Waals surface area contributed by atoms with E-state index in [1.165, 1.54) is 78.3 Å². The number of benzene rings is 3. The summed E-state index contributed by atoms with van der Waals surface area (Å²) in [4.78, 5) is 0. The topological polar surface area (TPSA) is 18.5 Å². The Morgan fingerprint density at radius 2 is 1.08 bits per heavy atom. The molecule has 0 N–H and O–H groups in total. The number of aryl methyl sites for hydroxylation is 5. The molecule has 0 atom stereocenters. The molecule has 0 aliphatic carbocycles. The standard InChI is InChI=1S/2C12H18O.C11H16/c1-4-5-8-11-10(2)7-6-9-12(11)13-3;1-4-5-6-11-8-7-10(2)12(9-11)13-3;1-3-4-5-11-8-6-10(2)7-9-11/h6-7,9H,4-5,8H2,1-3H3;7-9H,4-6H2,1-3H3;6-9H,3-5H2,1-2H3. The van der Waals surface area contributed by atoms with Crippen LogP contribution in [0, 0.1) is 20.8 Å². The van der Waals surface area contributed by atoms with Crippen LogP contribution in [0.15, 0.2) is 60.7 Å². The molecule has 37 heavy (non-hydrogen) atoms. The predicted octanol–water partition coefficient (Wildman–Crippen LogP) is 10.0. The first kappa shape index (κ1) is 32.3. The Morgan fingerprint density at radius 1 is 0.541 bits per heavy atom. The number of rotatable bonds is 11. The van der Waals surface area contributed by atoms with Gasteiger partial charge in [0.1, 0.15) is 11.5 Å². The molecule has 0 fully saturated rings. The second-order valence-corrected chi connectivity index (χ2v) is 9.86. The summed E-state index contributed by atoms with van der Waals surface area (Å²) in [7, 11) is 3.47. The normalized spacial score (nSPS) is 10.1. The minimum absolute atomic E-state index is 1.01. The van der Waals surface area contributed by atoms with Crippen LogP contribution in [0.25, 0.3) is 0 Å². The lowest BCUT2D eigenvalue weighted by Gasteiger charge is -2.10. The Hall–Kier alpha value is -2.74. The number of hydrogen-bond donors (Lipinski definition) is 0. The van der Waals surface area contributed by atoms with Crippen molar-refractivity contribution in [1.29, 1.82) is 0 Å². The molecule has 0 amide bonds. The first-order chi connectivity index (χ1) is 17.9. The van der Waals surface area contributed by atoms with E-state index in [0.717, 1.165) is 24.3 Å². The summed E-state index contributed by atoms with van der Waals surface area (Å²) in [5.41, 5.74) is 8.12. The molecule has 0 saturated carbocycles. The van der Waals surface area contributed by atoms with Crippen molar-refractivity contribution >= 4 is 0 Å². The van der Waals surface area contributed by atoms with Crippen LogP contribution in [0.2, 0.25) is 0 Å². The smallest absolute Gasteiger partial charge is 0.122 e. The molecule has 3 rings (SSSR count). The third kappa shape index (κ3) is 12.9. The first-order valence-corrected chi connectivity index (χ1v) is 14.2. The zero-order valence-electron chi connectivity index (χ0n) is 25.0. The van der Waals surface area contributed by atoms with Crippen molar-refractivity contribution in [2.24, 2.45) is 0 Å². The van der Waals surface area contributed by atoms with E-state index < -0.39 is 0 Å². The molecule has 204 valence electrons. The second kappa shape index (κ2) is 19.4. The highest BCUT2D eigenvalue weighted by molar-refractivity contribution is 5.39. The van der Waals surface area contributed by atoms with Crippen LogP contribution < -0.4 is 9.47 Å². The zero-order valence-corrected chi connectivity index (χ0v) is 25.0. The van der Waals surface area contributed by atoms with Crippen molar-refractivity contribution in [3.05, 3.63) is 94.0 Å². The summed E-state index contributed by atoms with van der Waals surface area (Å²) in [6.45, 7) is 13.0. The Kier molecular flexibility index (Phi) is 16.9. The molecule has 2 heteroatoms. The van der Waals surface area contributed by atoms with E-state index >= 15 is 0 Å². The van der Waals surface area contributed by atoms with E-state index in [9.17, 15) is 0 Å². The second-order valence-electron chi connectivity index (χ2n) is 9.86. The van der Waals surface area contributed by atoms with Gasteiger partial charge in [0.25, 0.3) is 0 Å². The van der Waals surface area contributed by atoms with Gasteiger partial charge in [0, 0.05) is 0 Å². The van der Waals surface area contributed by atoms with Crippen LogP contribution in [0.1, 0.15) is 92.7 Å². The van der Waals surface area contributed by atoms with Gasteiger partial charge in [-0.2, -0.15) is 0 Å². The average molecular weight is 505 g/mol. The molecule has 3 aromatic carbocycles. The van der Waals surface area contributed by atoms with Crippen LogP contribution in [0.4, 0.5) is 0 Å². The van der Waals surface area contributed by atoms with E-state index in [1.807, 2.05) is 12.1 Å².